The predicted octanol–water partition coefficient (Wildman–Crippen LogP) is 5.22. The van der Waals surface area contributed by atoms with Crippen LogP contribution in [0.4, 0.5) is 5.13 Å². The molecule has 1 saturated heterocycles. The molecule has 29 heavy (non-hydrogen) atoms. The van der Waals surface area contributed by atoms with Gasteiger partial charge in [0.2, 0.25) is 11.8 Å². The molecule has 5 rings (SSSR count). The summed E-state index contributed by atoms with van der Waals surface area (Å²) in [6.45, 7) is 10.4. The van der Waals surface area contributed by atoms with Crippen LogP contribution in [-0.4, -0.2) is 16.8 Å². The van der Waals surface area contributed by atoms with Gasteiger partial charge in [0.1, 0.15) is 0 Å². The third-order valence-electron chi connectivity index (χ3n) is 7.05. The van der Waals surface area contributed by atoms with Crippen LogP contribution >= 0.6 is 11.3 Å². The number of benzene rings is 1. The number of amides is 2. The zero-order chi connectivity index (χ0) is 20.6. The highest BCUT2D eigenvalue weighted by Crippen LogP contribution is 2.60. The second-order valence-electron chi connectivity index (χ2n) is 9.03. The fraction of sp³-hybridized carbons (Fsp3) is 0.458. The lowest BCUT2D eigenvalue weighted by Gasteiger charge is -2.18. The Bertz CT molecular complexity index is 1060. The van der Waals surface area contributed by atoms with Crippen LogP contribution in [-0.2, 0) is 9.59 Å². The highest BCUT2D eigenvalue weighted by atomic mass is 32.1. The standard InChI is InChI=1S/C24H26N2O2S/c1-11(2)18-15-8-9-16(18)20-19(15)22(27)26(23(20)28)24-25-21(14(5)29-24)17-10-12(3)6-7-13(17)4/h6-7,10,15-16,19-20H,8-9H2,1-5H3/t15-,16+,19+,20-. The van der Waals surface area contributed by atoms with E-state index in [-0.39, 0.29) is 35.5 Å². The molecule has 0 unspecified atom stereocenters. The molecule has 1 aliphatic heterocycles. The monoisotopic (exact) mass is 406 g/mol. The minimum atomic E-state index is -0.181. The number of allylic oxidation sites excluding steroid dienone is 2. The lowest BCUT2D eigenvalue weighted by molar-refractivity contribution is -0.123. The Morgan fingerprint density at radius 3 is 2.24 bits per heavy atom. The molecule has 1 aromatic carbocycles. The van der Waals surface area contributed by atoms with E-state index < -0.39 is 0 Å². The summed E-state index contributed by atoms with van der Waals surface area (Å²) >= 11 is 1.46. The normalized spacial score (nSPS) is 27.9. The van der Waals surface area contributed by atoms with Crippen molar-refractivity contribution in [2.75, 3.05) is 4.90 Å². The SMILES string of the molecule is CC(C)=C1[C@H]2CC[C@@H]1[C@H]1C(=O)N(c3nc(-c4cc(C)ccc4C)c(C)s3)C(=O)[C@H]12. The Hall–Kier alpha value is -2.27. The average Bonchev–Trinajstić information content (AvgIpc) is 3.39. The number of rotatable bonds is 2. The highest BCUT2D eigenvalue weighted by molar-refractivity contribution is 7.16. The van der Waals surface area contributed by atoms with Crippen molar-refractivity contribution in [2.45, 2.75) is 47.5 Å². The van der Waals surface area contributed by atoms with Crippen molar-refractivity contribution in [2.24, 2.45) is 23.7 Å². The topological polar surface area (TPSA) is 50.3 Å². The first-order valence-corrected chi connectivity index (χ1v) is 11.2. The number of carbonyl (C=O) groups is 2. The zero-order valence-electron chi connectivity index (χ0n) is 17.6. The van der Waals surface area contributed by atoms with E-state index in [0.717, 1.165) is 34.5 Å². The molecule has 2 saturated carbocycles. The Morgan fingerprint density at radius 1 is 1.03 bits per heavy atom. The Morgan fingerprint density at radius 2 is 1.66 bits per heavy atom. The molecular weight excluding hydrogens is 380 g/mol. The predicted molar refractivity (Wildman–Crippen MR) is 116 cm³/mol. The smallest absolute Gasteiger partial charge is 0.240 e. The van der Waals surface area contributed by atoms with Gasteiger partial charge in [-0.05, 0) is 70.9 Å². The van der Waals surface area contributed by atoms with Crippen LogP contribution in [0.1, 0.15) is 42.7 Å². The van der Waals surface area contributed by atoms with E-state index in [2.05, 4.69) is 45.9 Å². The quantitative estimate of drug-likeness (QED) is 0.508. The molecule has 3 aliphatic rings. The molecule has 2 aromatic rings. The number of anilines is 1. The van der Waals surface area contributed by atoms with Gasteiger partial charge in [-0.1, -0.05) is 28.8 Å². The number of imide groups is 1. The molecule has 0 N–H and O–H groups in total. The number of aryl methyl sites for hydroxylation is 3. The number of nitrogens with zero attached hydrogens (tertiary/aromatic N) is 2. The molecule has 0 spiro atoms. The first-order valence-electron chi connectivity index (χ1n) is 10.4. The number of hydrogen-bond donors (Lipinski definition) is 0. The van der Waals surface area contributed by atoms with E-state index in [4.69, 9.17) is 4.98 Å². The summed E-state index contributed by atoms with van der Waals surface area (Å²) in [6, 6.07) is 6.32. The lowest BCUT2D eigenvalue weighted by Crippen LogP contribution is -2.33. The van der Waals surface area contributed by atoms with E-state index in [0.29, 0.717) is 5.13 Å². The van der Waals surface area contributed by atoms with Gasteiger partial charge in [0.05, 0.1) is 17.5 Å². The summed E-state index contributed by atoms with van der Waals surface area (Å²) < 4.78 is 0. The maximum absolute atomic E-state index is 13.4. The average molecular weight is 407 g/mol. The van der Waals surface area contributed by atoms with Crippen LogP contribution in [0.5, 0.6) is 0 Å². The van der Waals surface area contributed by atoms with Crippen molar-refractivity contribution in [1.29, 1.82) is 0 Å². The Kier molecular flexibility index (Phi) is 4.11. The van der Waals surface area contributed by atoms with Gasteiger partial charge in [-0.3, -0.25) is 9.59 Å². The van der Waals surface area contributed by atoms with Crippen molar-refractivity contribution < 1.29 is 9.59 Å². The van der Waals surface area contributed by atoms with Gasteiger partial charge in [-0.15, -0.1) is 11.3 Å². The van der Waals surface area contributed by atoms with Crippen molar-refractivity contribution in [1.82, 2.24) is 4.98 Å². The van der Waals surface area contributed by atoms with Crippen molar-refractivity contribution in [3.05, 3.63) is 45.3 Å². The van der Waals surface area contributed by atoms with Gasteiger partial charge >= 0.3 is 0 Å². The molecule has 4 atom stereocenters. The van der Waals surface area contributed by atoms with Crippen LogP contribution in [0.3, 0.4) is 0 Å². The molecule has 150 valence electrons. The molecule has 2 heterocycles. The Labute approximate surface area is 175 Å². The van der Waals surface area contributed by atoms with Crippen molar-refractivity contribution in [3.63, 3.8) is 0 Å². The van der Waals surface area contributed by atoms with E-state index in [1.807, 2.05) is 6.92 Å². The summed E-state index contributed by atoms with van der Waals surface area (Å²) in [4.78, 5) is 34.0. The third kappa shape index (κ3) is 2.53. The summed E-state index contributed by atoms with van der Waals surface area (Å²) in [7, 11) is 0. The summed E-state index contributed by atoms with van der Waals surface area (Å²) in [5.41, 5.74) is 6.97. The van der Waals surface area contributed by atoms with Gasteiger partial charge in [0.25, 0.3) is 0 Å². The first kappa shape index (κ1) is 18.7. The first-order chi connectivity index (χ1) is 13.8. The van der Waals surface area contributed by atoms with Gasteiger partial charge < -0.3 is 0 Å². The molecule has 5 heteroatoms. The van der Waals surface area contributed by atoms with Gasteiger partial charge in [-0.2, -0.15) is 0 Å². The van der Waals surface area contributed by atoms with Gasteiger partial charge in [-0.25, -0.2) is 9.88 Å². The molecule has 4 nitrogen and oxygen atoms in total. The van der Waals surface area contributed by atoms with E-state index in [1.54, 1.807) is 0 Å². The molecule has 2 bridgehead atoms. The fourth-order valence-electron chi connectivity index (χ4n) is 5.90. The molecule has 1 aromatic heterocycles. The Balaban J connectivity index is 1.54. The largest absolute Gasteiger partial charge is 0.274 e. The van der Waals surface area contributed by atoms with E-state index >= 15 is 0 Å². The van der Waals surface area contributed by atoms with Crippen molar-refractivity contribution in [3.8, 4) is 11.3 Å². The summed E-state index contributed by atoms with van der Waals surface area (Å²) in [5.74, 6) is 0.0606. The van der Waals surface area contributed by atoms with E-state index in [1.165, 1.54) is 32.9 Å². The van der Waals surface area contributed by atoms with Crippen molar-refractivity contribution >= 4 is 28.3 Å². The maximum atomic E-state index is 13.4. The molecule has 2 amide bonds. The number of fused-ring (bicyclic) bond motifs is 5. The third-order valence-corrected chi connectivity index (χ3v) is 8.01. The number of thiazole rings is 1. The molecule has 0 radical (unpaired) electrons. The maximum Gasteiger partial charge on any atom is 0.240 e. The van der Waals surface area contributed by atoms with Crippen LogP contribution in [0.2, 0.25) is 0 Å². The molecule has 2 aliphatic carbocycles. The number of hydrogen-bond acceptors (Lipinski definition) is 4. The minimum Gasteiger partial charge on any atom is -0.274 e. The fourth-order valence-corrected chi connectivity index (χ4v) is 6.83. The van der Waals surface area contributed by atoms with Crippen LogP contribution in [0.15, 0.2) is 29.3 Å². The van der Waals surface area contributed by atoms with E-state index in [9.17, 15) is 9.59 Å². The van der Waals surface area contributed by atoms with Crippen LogP contribution in [0, 0.1) is 44.4 Å². The summed E-state index contributed by atoms with van der Waals surface area (Å²) in [5, 5.41) is 0.543. The lowest BCUT2D eigenvalue weighted by atomic mass is 9.81. The second-order valence-corrected chi connectivity index (χ2v) is 10.2. The van der Waals surface area contributed by atoms with Crippen LogP contribution < -0.4 is 4.90 Å². The number of aromatic nitrogens is 1. The minimum absolute atomic E-state index is 0.0350. The van der Waals surface area contributed by atoms with Crippen LogP contribution in [0.25, 0.3) is 11.3 Å². The van der Waals surface area contributed by atoms with Gasteiger partial charge in [0, 0.05) is 10.4 Å². The molecular formula is C24H26N2O2S. The summed E-state index contributed by atoms with van der Waals surface area (Å²) in [6.07, 6.45) is 2.06. The molecule has 3 fully saturated rings. The highest BCUT2D eigenvalue weighted by Gasteiger charge is 2.64. The number of carbonyl (C=O) groups excluding carboxylic acids is 2. The zero-order valence-corrected chi connectivity index (χ0v) is 18.4. The van der Waals surface area contributed by atoms with Gasteiger partial charge in [0.15, 0.2) is 5.13 Å². The second kappa shape index (κ2) is 6.36.